The summed E-state index contributed by atoms with van der Waals surface area (Å²) in [5.74, 6) is 1.38. The van der Waals surface area contributed by atoms with Gasteiger partial charge in [-0.2, -0.15) is 4.98 Å². The zero-order valence-electron chi connectivity index (χ0n) is 24.6. The fourth-order valence-electron chi connectivity index (χ4n) is 6.00. The number of rotatable bonds is 8. The van der Waals surface area contributed by atoms with E-state index in [1.807, 2.05) is 38.1 Å². The number of nitrogens with one attached hydrogen (secondary N) is 2. The van der Waals surface area contributed by atoms with Crippen LogP contribution < -0.4 is 25.6 Å². The zero-order chi connectivity index (χ0) is 29.5. The quantitative estimate of drug-likeness (QED) is 0.260. The third-order valence-corrected chi connectivity index (χ3v) is 10.7. The molecule has 0 atom stereocenters. The van der Waals surface area contributed by atoms with Gasteiger partial charge < -0.3 is 29.7 Å². The molecule has 220 valence electrons. The first-order valence-corrected chi connectivity index (χ1v) is 17.4. The van der Waals surface area contributed by atoms with Crippen molar-refractivity contribution in [3.63, 3.8) is 0 Å². The van der Waals surface area contributed by atoms with E-state index in [9.17, 15) is 4.57 Å². The van der Waals surface area contributed by atoms with Crippen LogP contribution in [0.15, 0.2) is 30.5 Å². The fraction of sp³-hybridized carbons (Fsp3) is 0.467. The van der Waals surface area contributed by atoms with Gasteiger partial charge in [-0.05, 0) is 82.9 Å². The summed E-state index contributed by atoms with van der Waals surface area (Å²) >= 11 is 13.3. The van der Waals surface area contributed by atoms with Crippen molar-refractivity contribution in [3.05, 3.63) is 51.6 Å². The van der Waals surface area contributed by atoms with Gasteiger partial charge in [-0.15, -0.1) is 0 Å². The highest BCUT2D eigenvalue weighted by molar-refractivity contribution is 7.70. The smallest absolute Gasteiger partial charge is 0.229 e. The lowest BCUT2D eigenvalue weighted by Gasteiger charge is -2.55. The van der Waals surface area contributed by atoms with Crippen LogP contribution in [-0.2, 0) is 4.57 Å². The first-order chi connectivity index (χ1) is 19.4. The third-order valence-electron chi connectivity index (χ3n) is 8.51. The Morgan fingerprint density at radius 3 is 2.39 bits per heavy atom. The van der Waals surface area contributed by atoms with Gasteiger partial charge in [0.1, 0.15) is 17.9 Å². The van der Waals surface area contributed by atoms with Crippen LogP contribution >= 0.6 is 30.3 Å². The minimum absolute atomic E-state index is 0.325. The molecule has 2 N–H and O–H groups in total. The van der Waals surface area contributed by atoms with E-state index in [-0.39, 0.29) is 0 Å². The highest BCUT2D eigenvalue weighted by Crippen LogP contribution is 2.47. The van der Waals surface area contributed by atoms with Gasteiger partial charge >= 0.3 is 0 Å². The molecule has 2 aliphatic heterocycles. The molecule has 1 aromatic heterocycles. The summed E-state index contributed by atoms with van der Waals surface area (Å²) in [7, 11) is -0.944. The molecule has 3 heterocycles. The van der Waals surface area contributed by atoms with Crippen molar-refractivity contribution >= 4 is 64.5 Å². The molecule has 2 aliphatic rings. The van der Waals surface area contributed by atoms with E-state index in [2.05, 4.69) is 37.3 Å². The maximum atomic E-state index is 13.2. The highest BCUT2D eigenvalue weighted by atomic mass is 35.5. The summed E-state index contributed by atoms with van der Waals surface area (Å²) in [5, 5.41) is 8.31. The van der Waals surface area contributed by atoms with Crippen molar-refractivity contribution in [2.45, 2.75) is 33.6 Å². The number of aromatic nitrogens is 2. The highest BCUT2D eigenvalue weighted by Gasteiger charge is 2.45. The SMILES string of the molecule is CCN1CCC2(CC1)CN(c1cc(OC)c(Nc3ncc(Cl)c(Nc4ccc(C)c(C)c4P(C)(C)=O)n3)cc1Cl)C2. The number of hydrogen-bond donors (Lipinski definition) is 2. The number of likely N-dealkylation sites (tertiary alicyclic amines) is 1. The summed E-state index contributed by atoms with van der Waals surface area (Å²) in [5.41, 5.74) is 4.80. The number of nitrogens with zero attached hydrogens (tertiary/aromatic N) is 4. The van der Waals surface area contributed by atoms with Crippen molar-refractivity contribution in [1.29, 1.82) is 0 Å². The van der Waals surface area contributed by atoms with Gasteiger partial charge in [-0.25, -0.2) is 4.98 Å². The van der Waals surface area contributed by atoms with E-state index in [1.165, 1.54) is 32.1 Å². The van der Waals surface area contributed by atoms with E-state index < -0.39 is 7.14 Å². The second kappa shape index (κ2) is 11.6. The first kappa shape index (κ1) is 30.0. The van der Waals surface area contributed by atoms with Crippen molar-refractivity contribution < 1.29 is 9.30 Å². The van der Waals surface area contributed by atoms with Gasteiger partial charge in [0, 0.05) is 29.9 Å². The van der Waals surface area contributed by atoms with Crippen molar-refractivity contribution in [1.82, 2.24) is 14.9 Å². The number of methoxy groups -OCH3 is 1. The van der Waals surface area contributed by atoms with E-state index >= 15 is 0 Å². The second-order valence-electron chi connectivity index (χ2n) is 11.7. The van der Waals surface area contributed by atoms with Gasteiger partial charge in [0.2, 0.25) is 5.95 Å². The number of benzene rings is 2. The molecule has 0 radical (unpaired) electrons. The Morgan fingerprint density at radius 2 is 1.76 bits per heavy atom. The number of anilines is 5. The Labute approximate surface area is 253 Å². The summed E-state index contributed by atoms with van der Waals surface area (Å²) < 4.78 is 18.9. The molecule has 0 unspecified atom stereocenters. The van der Waals surface area contributed by atoms with Crippen LogP contribution in [0, 0.1) is 19.3 Å². The van der Waals surface area contributed by atoms with E-state index in [4.69, 9.17) is 27.9 Å². The molecule has 0 bridgehead atoms. The molecule has 0 amide bonds. The molecule has 5 rings (SSSR count). The van der Waals surface area contributed by atoms with Crippen LogP contribution in [0.1, 0.15) is 30.9 Å². The molecule has 0 aliphatic carbocycles. The average Bonchev–Trinajstić information content (AvgIpc) is 2.91. The van der Waals surface area contributed by atoms with Gasteiger partial charge in [0.05, 0.1) is 35.4 Å². The second-order valence-corrected chi connectivity index (χ2v) is 15.7. The Balaban J connectivity index is 1.36. The van der Waals surface area contributed by atoms with Crippen molar-refractivity contribution in [2.75, 3.05) is 68.7 Å². The lowest BCUT2D eigenvalue weighted by atomic mass is 9.71. The standard InChI is InChI=1S/C30H39Cl2N6O2P/c1-7-37-12-10-30(11-13-37)17-38(18-30)25-15-26(40-4)24(14-21(25)31)35-29-33-16-22(32)28(36-29)34-23-9-8-19(2)20(3)27(23)41(5,6)39/h8-9,14-16H,7,10-13,17-18H2,1-6H3,(H2,33,34,35,36). The molecule has 2 aromatic carbocycles. The summed E-state index contributed by atoms with van der Waals surface area (Å²) in [6, 6.07) is 7.75. The van der Waals surface area contributed by atoms with Crippen LogP contribution in [0.2, 0.25) is 10.0 Å². The van der Waals surface area contributed by atoms with Crippen LogP contribution in [0.25, 0.3) is 0 Å². The molecule has 3 aromatic rings. The Kier molecular flexibility index (Phi) is 8.51. The number of halogens is 2. The minimum atomic E-state index is -2.58. The molecule has 2 saturated heterocycles. The number of piperidine rings is 1. The number of aryl methyl sites for hydroxylation is 1. The Hall–Kier alpha value is -2.51. The summed E-state index contributed by atoms with van der Waals surface area (Å²) in [6.07, 6.45) is 3.99. The van der Waals surface area contributed by atoms with Crippen LogP contribution in [0.5, 0.6) is 5.75 Å². The van der Waals surface area contributed by atoms with E-state index in [0.717, 1.165) is 41.8 Å². The summed E-state index contributed by atoms with van der Waals surface area (Å²) in [4.78, 5) is 13.9. The van der Waals surface area contributed by atoms with Crippen LogP contribution in [0.4, 0.5) is 28.8 Å². The monoisotopic (exact) mass is 616 g/mol. The maximum absolute atomic E-state index is 13.2. The summed E-state index contributed by atoms with van der Waals surface area (Å²) in [6.45, 7) is 15.3. The van der Waals surface area contributed by atoms with Crippen molar-refractivity contribution in [2.24, 2.45) is 5.41 Å². The predicted octanol–water partition coefficient (Wildman–Crippen LogP) is 7.07. The molecule has 8 nitrogen and oxygen atoms in total. The van der Waals surface area contributed by atoms with Crippen LogP contribution in [0.3, 0.4) is 0 Å². The third kappa shape index (κ3) is 6.17. The Bertz CT molecular complexity index is 1490. The molecule has 1 spiro atoms. The van der Waals surface area contributed by atoms with Crippen molar-refractivity contribution in [3.8, 4) is 5.75 Å². The van der Waals surface area contributed by atoms with E-state index in [1.54, 1.807) is 20.4 Å². The molecule has 41 heavy (non-hydrogen) atoms. The molecular formula is C30H39Cl2N6O2P. The van der Waals surface area contributed by atoms with Gasteiger partial charge in [0.25, 0.3) is 0 Å². The number of ether oxygens (including phenoxy) is 1. The molecule has 11 heteroatoms. The Morgan fingerprint density at radius 1 is 1.05 bits per heavy atom. The lowest BCUT2D eigenvalue weighted by molar-refractivity contribution is 0.0795. The van der Waals surface area contributed by atoms with Gasteiger partial charge in [-0.3, -0.25) is 0 Å². The van der Waals surface area contributed by atoms with E-state index in [0.29, 0.717) is 44.4 Å². The minimum Gasteiger partial charge on any atom is -0.494 e. The van der Waals surface area contributed by atoms with Gasteiger partial charge in [-0.1, -0.05) is 36.2 Å². The number of hydrogen-bond acceptors (Lipinski definition) is 8. The molecule has 0 saturated carbocycles. The topological polar surface area (TPSA) is 82.6 Å². The average molecular weight is 618 g/mol. The maximum Gasteiger partial charge on any atom is 0.229 e. The lowest BCUT2D eigenvalue weighted by Crippen LogP contribution is -2.60. The predicted molar refractivity (Wildman–Crippen MR) is 173 cm³/mol. The van der Waals surface area contributed by atoms with Crippen LogP contribution in [-0.4, -0.2) is 68.0 Å². The molecular weight excluding hydrogens is 578 g/mol. The van der Waals surface area contributed by atoms with Gasteiger partial charge in [0.15, 0.2) is 5.82 Å². The first-order valence-electron chi connectivity index (χ1n) is 14.0. The fourth-order valence-corrected chi connectivity index (χ4v) is 8.12. The largest absolute Gasteiger partial charge is 0.494 e. The normalized spacial score (nSPS) is 16.9. The zero-order valence-corrected chi connectivity index (χ0v) is 27.1. The molecule has 2 fully saturated rings.